The number of nitrogens with two attached hydrogens (primary N) is 1. The summed E-state index contributed by atoms with van der Waals surface area (Å²) in [6, 6.07) is 18.4. The number of amides is 1. The largest absolute Gasteiger partial charge is 0.489 e. The lowest BCUT2D eigenvalue weighted by atomic mass is 9.99. The maximum absolute atomic E-state index is 13.0. The molecule has 0 aliphatic carbocycles. The Hall–Kier alpha value is -2.79. The van der Waals surface area contributed by atoms with Crippen LogP contribution < -0.4 is 15.4 Å². The first-order valence-corrected chi connectivity index (χ1v) is 12.5. The Morgan fingerprint density at radius 3 is 2.50 bits per heavy atom. The molecule has 34 heavy (non-hydrogen) atoms. The van der Waals surface area contributed by atoms with Crippen molar-refractivity contribution in [2.24, 2.45) is 11.7 Å². The van der Waals surface area contributed by atoms with Gasteiger partial charge < -0.3 is 20.3 Å². The molecule has 1 amide bonds. The van der Waals surface area contributed by atoms with Crippen LogP contribution in [0.2, 0.25) is 0 Å². The van der Waals surface area contributed by atoms with E-state index in [0.29, 0.717) is 19.1 Å². The molecular weight excluding hydrogens is 422 g/mol. The molecule has 0 aromatic heterocycles. The van der Waals surface area contributed by atoms with Crippen LogP contribution in [0.5, 0.6) is 5.75 Å². The Labute approximate surface area is 205 Å². The van der Waals surface area contributed by atoms with E-state index in [2.05, 4.69) is 62.9 Å². The van der Waals surface area contributed by atoms with Crippen LogP contribution >= 0.6 is 0 Å². The molecule has 0 spiro atoms. The molecule has 1 fully saturated rings. The maximum Gasteiger partial charge on any atom is 0.239 e. The molecule has 1 aliphatic rings. The van der Waals surface area contributed by atoms with E-state index in [1.165, 1.54) is 5.57 Å². The first kappa shape index (κ1) is 25.8. The molecule has 3 rings (SSSR count). The van der Waals surface area contributed by atoms with E-state index in [9.17, 15) is 4.79 Å². The van der Waals surface area contributed by atoms with Crippen molar-refractivity contribution in [2.45, 2.75) is 65.6 Å². The maximum atomic E-state index is 13.0. The Morgan fingerprint density at radius 2 is 1.85 bits per heavy atom. The predicted octanol–water partition coefficient (Wildman–Crippen LogP) is 5.40. The Morgan fingerprint density at radius 1 is 1.15 bits per heavy atom. The summed E-state index contributed by atoms with van der Waals surface area (Å²) in [7, 11) is 0. The van der Waals surface area contributed by atoms with Gasteiger partial charge in [0.25, 0.3) is 0 Å². The number of hydrogen-bond acceptors (Lipinski definition) is 4. The molecule has 5 nitrogen and oxygen atoms in total. The van der Waals surface area contributed by atoms with Crippen molar-refractivity contribution in [2.75, 3.05) is 24.5 Å². The topological polar surface area (TPSA) is 58.8 Å². The second-order valence-corrected chi connectivity index (χ2v) is 10.0. The summed E-state index contributed by atoms with van der Waals surface area (Å²) in [5.41, 5.74) is 9.83. The average Bonchev–Trinajstić information content (AvgIpc) is 2.83. The van der Waals surface area contributed by atoms with Gasteiger partial charge in [-0.2, -0.15) is 0 Å². The summed E-state index contributed by atoms with van der Waals surface area (Å²) >= 11 is 0. The van der Waals surface area contributed by atoms with Gasteiger partial charge in [0.05, 0.1) is 6.04 Å². The molecule has 2 atom stereocenters. The number of nitrogens with zero attached hydrogens (tertiary/aromatic N) is 2. The average molecular weight is 464 g/mol. The van der Waals surface area contributed by atoms with Crippen molar-refractivity contribution in [3.8, 4) is 5.75 Å². The zero-order valence-corrected chi connectivity index (χ0v) is 21.2. The Bertz CT molecular complexity index is 920. The van der Waals surface area contributed by atoms with E-state index in [-0.39, 0.29) is 11.9 Å². The smallest absolute Gasteiger partial charge is 0.239 e. The van der Waals surface area contributed by atoms with E-state index in [1.807, 2.05) is 35.2 Å². The fourth-order valence-electron chi connectivity index (χ4n) is 4.47. The first-order chi connectivity index (χ1) is 16.3. The van der Waals surface area contributed by atoms with Gasteiger partial charge in [-0.25, -0.2) is 0 Å². The van der Waals surface area contributed by atoms with Crippen LogP contribution in [0.25, 0.3) is 0 Å². The summed E-state index contributed by atoms with van der Waals surface area (Å²) in [4.78, 5) is 17.4. The number of rotatable bonds is 10. The summed E-state index contributed by atoms with van der Waals surface area (Å²) in [5.74, 6) is 1.36. The summed E-state index contributed by atoms with van der Waals surface area (Å²) in [6.07, 6.45) is 5.04. The number of allylic oxidation sites excluding steroid dienone is 1. The quantitative estimate of drug-likeness (QED) is 0.479. The lowest BCUT2D eigenvalue weighted by Crippen LogP contribution is -2.54. The highest BCUT2D eigenvalue weighted by molar-refractivity contribution is 5.81. The number of benzene rings is 2. The number of hydrogen-bond donors (Lipinski definition) is 1. The lowest BCUT2D eigenvalue weighted by Gasteiger charge is -2.41. The lowest BCUT2D eigenvalue weighted by molar-refractivity contribution is -0.134. The van der Waals surface area contributed by atoms with Crippen molar-refractivity contribution in [3.63, 3.8) is 0 Å². The number of anilines is 1. The number of ether oxygens (including phenoxy) is 1. The van der Waals surface area contributed by atoms with E-state index < -0.39 is 6.04 Å². The summed E-state index contributed by atoms with van der Waals surface area (Å²) < 4.78 is 5.98. The molecule has 5 heteroatoms. The molecule has 2 aromatic carbocycles. The summed E-state index contributed by atoms with van der Waals surface area (Å²) in [5, 5.41) is 0. The van der Waals surface area contributed by atoms with E-state index in [0.717, 1.165) is 49.4 Å². The second kappa shape index (κ2) is 12.6. The predicted molar refractivity (Wildman–Crippen MR) is 141 cm³/mol. The minimum Gasteiger partial charge on any atom is -0.489 e. The molecule has 0 bridgehead atoms. The third-order valence-corrected chi connectivity index (χ3v) is 6.30. The molecule has 2 aromatic rings. The van der Waals surface area contributed by atoms with Crippen LogP contribution in [-0.4, -0.2) is 42.5 Å². The molecule has 2 N–H and O–H groups in total. The number of carbonyl (C=O) groups excluding carboxylic acids is 1. The van der Waals surface area contributed by atoms with Gasteiger partial charge in [-0.3, -0.25) is 4.79 Å². The van der Waals surface area contributed by atoms with Gasteiger partial charge in [0.2, 0.25) is 5.91 Å². The van der Waals surface area contributed by atoms with Gasteiger partial charge in [-0.05, 0) is 68.9 Å². The molecule has 0 radical (unpaired) electrons. The number of carbonyl (C=O) groups is 1. The van der Waals surface area contributed by atoms with Crippen molar-refractivity contribution in [1.82, 2.24) is 4.90 Å². The van der Waals surface area contributed by atoms with Crippen LogP contribution in [0.1, 0.15) is 52.5 Å². The first-order valence-electron chi connectivity index (χ1n) is 12.5. The highest BCUT2D eigenvalue weighted by Crippen LogP contribution is 2.26. The molecule has 0 saturated carbocycles. The zero-order valence-electron chi connectivity index (χ0n) is 21.2. The van der Waals surface area contributed by atoms with E-state index in [1.54, 1.807) is 0 Å². The van der Waals surface area contributed by atoms with Gasteiger partial charge >= 0.3 is 0 Å². The highest BCUT2D eigenvalue weighted by atomic mass is 16.5. The third-order valence-electron chi connectivity index (χ3n) is 6.30. The minimum absolute atomic E-state index is 0.0882. The third kappa shape index (κ3) is 7.63. The van der Waals surface area contributed by atoms with Crippen LogP contribution in [-0.2, 0) is 11.4 Å². The fourth-order valence-corrected chi connectivity index (χ4v) is 4.47. The summed E-state index contributed by atoms with van der Waals surface area (Å²) in [6.45, 7) is 11.4. The van der Waals surface area contributed by atoms with Crippen molar-refractivity contribution >= 4 is 11.6 Å². The normalized spacial score (nSPS) is 16.8. The SMILES string of the molecule is CC(C)=CCN(c1ccc(OCc2ccccc2)cc1)[C@H]1CCCN(C(=O)[C@H](N)CC(C)C)C1. The van der Waals surface area contributed by atoms with Crippen LogP contribution in [0, 0.1) is 5.92 Å². The van der Waals surface area contributed by atoms with Crippen LogP contribution in [0.4, 0.5) is 5.69 Å². The molecule has 1 heterocycles. The molecule has 1 aliphatic heterocycles. The van der Waals surface area contributed by atoms with Crippen molar-refractivity contribution in [1.29, 1.82) is 0 Å². The second-order valence-electron chi connectivity index (χ2n) is 10.0. The highest BCUT2D eigenvalue weighted by Gasteiger charge is 2.30. The van der Waals surface area contributed by atoms with Gasteiger partial charge in [-0.15, -0.1) is 0 Å². The molecular formula is C29H41N3O2. The zero-order chi connectivity index (χ0) is 24.5. The van der Waals surface area contributed by atoms with Crippen molar-refractivity contribution < 1.29 is 9.53 Å². The standard InChI is InChI=1S/C29H41N3O2/c1-22(2)16-18-32(26-11-8-17-31(20-26)29(33)28(30)19-23(3)4)25-12-14-27(15-13-25)34-21-24-9-6-5-7-10-24/h5-7,9-10,12-16,23,26,28H,8,11,17-21,30H2,1-4H3/t26-,28+/m0/s1. The van der Waals surface area contributed by atoms with Crippen LogP contribution in [0.3, 0.4) is 0 Å². The molecule has 184 valence electrons. The van der Waals surface area contributed by atoms with Crippen LogP contribution in [0.15, 0.2) is 66.2 Å². The minimum atomic E-state index is -0.411. The monoisotopic (exact) mass is 463 g/mol. The van der Waals surface area contributed by atoms with Crippen molar-refractivity contribution in [3.05, 3.63) is 71.8 Å². The fraction of sp³-hybridized carbons (Fsp3) is 0.483. The molecule has 1 saturated heterocycles. The number of likely N-dealkylation sites (tertiary alicyclic amines) is 1. The van der Waals surface area contributed by atoms with Gasteiger partial charge in [0.1, 0.15) is 12.4 Å². The van der Waals surface area contributed by atoms with E-state index in [4.69, 9.17) is 10.5 Å². The van der Waals surface area contributed by atoms with Gasteiger partial charge in [0.15, 0.2) is 0 Å². The van der Waals surface area contributed by atoms with E-state index >= 15 is 0 Å². The molecule has 0 unspecified atom stereocenters. The Balaban J connectivity index is 1.70. The van der Waals surface area contributed by atoms with Gasteiger partial charge in [0, 0.05) is 31.4 Å². The Kier molecular flexibility index (Phi) is 9.58. The number of piperidine rings is 1. The van der Waals surface area contributed by atoms with Gasteiger partial charge in [-0.1, -0.05) is 55.8 Å².